The summed E-state index contributed by atoms with van der Waals surface area (Å²) in [5.41, 5.74) is 2.09. The second-order valence-electron chi connectivity index (χ2n) is 11.6. The fourth-order valence-corrected chi connectivity index (χ4v) is 7.41. The molecule has 6 aliphatic rings. The van der Waals surface area contributed by atoms with Gasteiger partial charge in [0.1, 0.15) is 17.4 Å². The molecule has 2 aliphatic carbocycles. The van der Waals surface area contributed by atoms with Gasteiger partial charge in [-0.1, -0.05) is 36.8 Å². The molecule has 3 amide bonds. The lowest BCUT2D eigenvalue weighted by molar-refractivity contribution is -0.160. The molecular weight excluding hydrogens is 466 g/mol. The number of imide groups is 1. The molecule has 7 nitrogen and oxygen atoms in total. The van der Waals surface area contributed by atoms with Gasteiger partial charge in [0.05, 0.1) is 0 Å². The molecule has 7 heteroatoms. The van der Waals surface area contributed by atoms with Crippen LogP contribution in [0.4, 0.5) is 0 Å². The van der Waals surface area contributed by atoms with Crippen molar-refractivity contribution in [1.82, 2.24) is 15.1 Å². The molecule has 0 spiro atoms. The number of likely N-dealkylation sites (tertiary alicyclic amines) is 1. The van der Waals surface area contributed by atoms with E-state index >= 15 is 0 Å². The zero-order valence-electron chi connectivity index (χ0n) is 21.0. The third kappa shape index (κ3) is 3.69. The summed E-state index contributed by atoms with van der Waals surface area (Å²) in [6.45, 7) is 2.57. The number of benzene rings is 2. The molecule has 0 radical (unpaired) electrons. The summed E-state index contributed by atoms with van der Waals surface area (Å²) in [6, 6.07) is 17.0. The molecule has 1 N–H and O–H groups in total. The Kier molecular flexibility index (Phi) is 5.39. The predicted octanol–water partition coefficient (Wildman–Crippen LogP) is 3.63. The first-order chi connectivity index (χ1) is 18.0. The van der Waals surface area contributed by atoms with Crippen LogP contribution in [0, 0.1) is 5.92 Å². The van der Waals surface area contributed by atoms with E-state index in [1.165, 1.54) is 24.8 Å². The number of carbonyl (C=O) groups excluding carboxylic acids is 3. The molecule has 4 aliphatic heterocycles. The lowest BCUT2D eigenvalue weighted by atomic mass is 9.63. The van der Waals surface area contributed by atoms with E-state index in [4.69, 9.17) is 4.74 Å². The van der Waals surface area contributed by atoms with E-state index in [0.29, 0.717) is 36.9 Å². The van der Waals surface area contributed by atoms with Crippen molar-refractivity contribution in [1.29, 1.82) is 0 Å². The van der Waals surface area contributed by atoms with Gasteiger partial charge in [0.15, 0.2) is 0 Å². The first kappa shape index (κ1) is 23.0. The monoisotopic (exact) mass is 499 g/mol. The summed E-state index contributed by atoms with van der Waals surface area (Å²) in [6.07, 6.45) is 6.79. The Morgan fingerprint density at radius 3 is 2.54 bits per heavy atom. The average molecular weight is 500 g/mol. The normalized spacial score (nSPS) is 33.2. The summed E-state index contributed by atoms with van der Waals surface area (Å²) in [4.78, 5) is 42.1. The van der Waals surface area contributed by atoms with Gasteiger partial charge >= 0.3 is 0 Å². The molecule has 2 aromatic carbocycles. The maximum absolute atomic E-state index is 13.2. The lowest BCUT2D eigenvalue weighted by Gasteiger charge is -2.53. The standard InChI is InChI=1S/C30H33N3O4/c34-27-22-15-30(16-22,29(36)31-27)33-18-21-14-23(10-11-24(21)28(33)35)37-26-9-5-4-8-25(26)32-13-12-20(17-32)19-6-2-1-3-7-19/h1-3,6-7,10-11,14,20,22,25-26H,4-5,8-9,12-13,15-18H2,(H,31,34,36)/t20?,22?,25-,26+,30?/m0/s1. The Bertz CT molecular complexity index is 1250. The fourth-order valence-electron chi connectivity index (χ4n) is 7.41. The van der Waals surface area contributed by atoms with E-state index in [9.17, 15) is 14.4 Å². The first-order valence-electron chi connectivity index (χ1n) is 13.8. The highest BCUT2D eigenvalue weighted by Gasteiger charge is 2.63. The van der Waals surface area contributed by atoms with Crippen molar-refractivity contribution in [3.63, 3.8) is 0 Å². The number of piperidine rings is 2. The number of nitrogens with zero attached hydrogens (tertiary/aromatic N) is 2. The van der Waals surface area contributed by atoms with Gasteiger partial charge in [-0.3, -0.25) is 24.6 Å². The molecule has 192 valence electrons. The highest BCUT2D eigenvalue weighted by Crippen LogP contribution is 2.49. The topological polar surface area (TPSA) is 79.0 Å². The van der Waals surface area contributed by atoms with Crippen LogP contribution in [0.2, 0.25) is 0 Å². The van der Waals surface area contributed by atoms with Crippen LogP contribution in [0.5, 0.6) is 5.75 Å². The second-order valence-corrected chi connectivity index (χ2v) is 11.6. The Morgan fingerprint density at radius 1 is 0.919 bits per heavy atom. The average Bonchev–Trinajstić information content (AvgIpc) is 3.50. The van der Waals surface area contributed by atoms with E-state index in [1.54, 1.807) is 4.90 Å². The predicted molar refractivity (Wildman–Crippen MR) is 137 cm³/mol. The van der Waals surface area contributed by atoms with Gasteiger partial charge < -0.3 is 9.64 Å². The van der Waals surface area contributed by atoms with Gasteiger partial charge in [-0.15, -0.1) is 0 Å². The van der Waals surface area contributed by atoms with Crippen molar-refractivity contribution in [2.24, 2.45) is 5.92 Å². The van der Waals surface area contributed by atoms with Crippen LogP contribution >= 0.6 is 0 Å². The molecule has 1 unspecified atom stereocenters. The summed E-state index contributed by atoms with van der Waals surface area (Å²) in [5, 5.41) is 2.45. The van der Waals surface area contributed by atoms with Crippen molar-refractivity contribution in [3.8, 4) is 5.75 Å². The molecule has 5 fully saturated rings. The molecule has 2 bridgehead atoms. The number of rotatable bonds is 5. The Morgan fingerprint density at radius 2 is 1.73 bits per heavy atom. The Labute approximate surface area is 217 Å². The van der Waals surface area contributed by atoms with Crippen LogP contribution in [0.3, 0.4) is 0 Å². The van der Waals surface area contributed by atoms with Crippen LogP contribution in [0.15, 0.2) is 48.5 Å². The summed E-state index contributed by atoms with van der Waals surface area (Å²) < 4.78 is 6.64. The largest absolute Gasteiger partial charge is 0.489 e. The Hall–Kier alpha value is -3.19. The number of amides is 3. The maximum atomic E-state index is 13.2. The van der Waals surface area contributed by atoms with Crippen LogP contribution in [-0.2, 0) is 16.1 Å². The van der Waals surface area contributed by atoms with E-state index in [0.717, 1.165) is 37.2 Å². The summed E-state index contributed by atoms with van der Waals surface area (Å²) in [7, 11) is 0. The minimum absolute atomic E-state index is 0.121. The quantitative estimate of drug-likeness (QED) is 0.636. The van der Waals surface area contributed by atoms with Gasteiger partial charge in [-0.2, -0.15) is 0 Å². The van der Waals surface area contributed by atoms with Crippen molar-refractivity contribution >= 4 is 17.7 Å². The van der Waals surface area contributed by atoms with Gasteiger partial charge in [-0.25, -0.2) is 0 Å². The minimum atomic E-state index is -0.880. The van der Waals surface area contributed by atoms with Crippen LogP contribution in [0.1, 0.15) is 72.3 Å². The number of ether oxygens (including phenoxy) is 1. The van der Waals surface area contributed by atoms with Crippen LogP contribution < -0.4 is 10.1 Å². The van der Waals surface area contributed by atoms with Gasteiger partial charge in [0, 0.05) is 30.6 Å². The second kappa shape index (κ2) is 8.69. The van der Waals surface area contributed by atoms with E-state index in [2.05, 4.69) is 40.5 Å². The molecule has 3 saturated heterocycles. The summed E-state index contributed by atoms with van der Waals surface area (Å²) >= 11 is 0. The molecule has 3 atom stereocenters. The molecule has 0 aromatic heterocycles. The van der Waals surface area contributed by atoms with Crippen LogP contribution in [0.25, 0.3) is 0 Å². The lowest BCUT2D eigenvalue weighted by Crippen LogP contribution is -2.73. The molecule has 4 heterocycles. The SMILES string of the molecule is O=C1NC(=O)C2(N3Cc4cc(O[C@@H]5CCCC[C@@H]5N5CCC(c6ccccc6)C5)ccc4C3=O)CC1C2. The molecule has 2 saturated carbocycles. The number of hydrogen-bond donors (Lipinski definition) is 1. The molecular formula is C30H33N3O4. The highest BCUT2D eigenvalue weighted by molar-refractivity contribution is 6.10. The molecule has 2 aromatic rings. The molecule has 8 rings (SSSR count). The number of hydrogen-bond acceptors (Lipinski definition) is 5. The fraction of sp³-hybridized carbons (Fsp3) is 0.500. The van der Waals surface area contributed by atoms with Gasteiger partial charge in [-0.05, 0) is 80.3 Å². The number of fused-ring (bicyclic) bond motifs is 3. The smallest absolute Gasteiger partial charge is 0.255 e. The zero-order valence-corrected chi connectivity index (χ0v) is 21.0. The summed E-state index contributed by atoms with van der Waals surface area (Å²) in [5.74, 6) is 0.561. The van der Waals surface area contributed by atoms with Crippen molar-refractivity contribution < 1.29 is 19.1 Å². The van der Waals surface area contributed by atoms with E-state index in [1.807, 2.05) is 18.2 Å². The minimum Gasteiger partial charge on any atom is -0.489 e. The highest BCUT2D eigenvalue weighted by atomic mass is 16.5. The van der Waals surface area contributed by atoms with E-state index < -0.39 is 5.54 Å². The maximum Gasteiger partial charge on any atom is 0.255 e. The number of nitrogens with one attached hydrogen (secondary N) is 1. The third-order valence-electron chi connectivity index (χ3n) is 9.51. The number of carbonyl (C=O) groups is 3. The van der Waals surface area contributed by atoms with Crippen molar-refractivity contribution in [3.05, 3.63) is 65.2 Å². The van der Waals surface area contributed by atoms with Crippen molar-refractivity contribution in [2.75, 3.05) is 13.1 Å². The van der Waals surface area contributed by atoms with Crippen LogP contribution in [-0.4, -0.2) is 58.3 Å². The van der Waals surface area contributed by atoms with E-state index in [-0.39, 0.29) is 29.7 Å². The zero-order chi connectivity index (χ0) is 25.1. The van der Waals surface area contributed by atoms with Gasteiger partial charge in [0.25, 0.3) is 11.8 Å². The Balaban J connectivity index is 1.06. The third-order valence-corrected chi connectivity index (χ3v) is 9.51. The molecule has 37 heavy (non-hydrogen) atoms. The van der Waals surface area contributed by atoms with Gasteiger partial charge in [0.2, 0.25) is 5.91 Å². The first-order valence-corrected chi connectivity index (χ1v) is 13.8. The van der Waals surface area contributed by atoms with Crippen molar-refractivity contribution in [2.45, 2.75) is 75.1 Å².